The average Bonchev–Trinajstić information content (AvgIpc) is 3.19. The van der Waals surface area contributed by atoms with Crippen LogP contribution in [0.3, 0.4) is 0 Å². The molecule has 2 heterocycles. The van der Waals surface area contributed by atoms with Gasteiger partial charge in [0.1, 0.15) is 0 Å². The maximum atomic E-state index is 12.9. The van der Waals surface area contributed by atoms with Gasteiger partial charge in [-0.25, -0.2) is 8.42 Å². The van der Waals surface area contributed by atoms with Crippen molar-refractivity contribution < 1.29 is 18.1 Å². The van der Waals surface area contributed by atoms with Crippen LogP contribution in [-0.2, 0) is 14.8 Å². The number of benzene rings is 1. The Balaban J connectivity index is 1.90. The number of nitrogens with zero attached hydrogens (tertiary/aromatic N) is 2. The zero-order chi connectivity index (χ0) is 16.4. The molecule has 23 heavy (non-hydrogen) atoms. The molecular weight excluding hydrogens is 320 g/mol. The van der Waals surface area contributed by atoms with Crippen LogP contribution in [0.4, 0.5) is 5.69 Å². The third-order valence-electron chi connectivity index (χ3n) is 3.89. The lowest BCUT2D eigenvalue weighted by molar-refractivity contribution is -0.387. The minimum Gasteiger partial charge on any atom is -0.370 e. The molecule has 0 amide bonds. The van der Waals surface area contributed by atoms with E-state index in [4.69, 9.17) is 4.74 Å². The summed E-state index contributed by atoms with van der Waals surface area (Å²) in [5.41, 5.74) is -0.407. The Morgan fingerprint density at radius 1 is 1.26 bits per heavy atom. The molecule has 122 valence electrons. The maximum absolute atomic E-state index is 12.9. The first-order valence-electron chi connectivity index (χ1n) is 7.20. The highest BCUT2D eigenvalue weighted by Crippen LogP contribution is 2.31. The second-order valence-electron chi connectivity index (χ2n) is 5.33. The molecule has 0 fully saturated rings. The Morgan fingerprint density at radius 2 is 2.04 bits per heavy atom. The first-order chi connectivity index (χ1) is 11.0. The zero-order valence-corrected chi connectivity index (χ0v) is 13.1. The van der Waals surface area contributed by atoms with Crippen LogP contribution in [0.15, 0.2) is 53.5 Å². The third-order valence-corrected chi connectivity index (χ3v) is 5.83. The minimum atomic E-state index is -3.96. The number of sulfonamides is 1. The molecule has 0 unspecified atom stereocenters. The Morgan fingerprint density at radius 3 is 2.74 bits per heavy atom. The van der Waals surface area contributed by atoms with Gasteiger partial charge in [0, 0.05) is 18.7 Å². The molecule has 8 heteroatoms. The van der Waals surface area contributed by atoms with E-state index in [-0.39, 0.29) is 23.6 Å². The van der Waals surface area contributed by atoms with Crippen molar-refractivity contribution in [2.45, 2.75) is 23.5 Å². The molecule has 2 aliphatic heterocycles. The maximum Gasteiger partial charge on any atom is 0.289 e. The Bertz CT molecular complexity index is 772. The Labute approximate surface area is 134 Å². The van der Waals surface area contributed by atoms with Gasteiger partial charge >= 0.3 is 0 Å². The summed E-state index contributed by atoms with van der Waals surface area (Å²) in [4.78, 5) is 10.2. The number of hydrogen-bond acceptors (Lipinski definition) is 5. The highest BCUT2D eigenvalue weighted by atomic mass is 32.2. The van der Waals surface area contributed by atoms with Crippen LogP contribution in [0.25, 0.3) is 0 Å². The minimum absolute atomic E-state index is 0.133. The summed E-state index contributed by atoms with van der Waals surface area (Å²) >= 11 is 0. The number of para-hydroxylation sites is 1. The SMILES string of the molecule is O=[N+]([O-])c1ccccc1S(=O)(=O)N1CC=C[C@H]1C[C@@H]1C=CCO1. The molecule has 2 atom stereocenters. The van der Waals surface area contributed by atoms with Crippen molar-refractivity contribution in [1.29, 1.82) is 0 Å². The van der Waals surface area contributed by atoms with Crippen molar-refractivity contribution in [3.8, 4) is 0 Å². The second kappa shape index (κ2) is 6.23. The molecular formula is C15H16N2O5S. The van der Waals surface area contributed by atoms with E-state index in [1.165, 1.54) is 28.6 Å². The molecule has 2 aliphatic rings. The van der Waals surface area contributed by atoms with Crippen molar-refractivity contribution in [3.63, 3.8) is 0 Å². The quantitative estimate of drug-likeness (QED) is 0.465. The van der Waals surface area contributed by atoms with Crippen LogP contribution in [-0.4, -0.2) is 42.9 Å². The summed E-state index contributed by atoms with van der Waals surface area (Å²) in [6, 6.07) is 5.05. The van der Waals surface area contributed by atoms with Crippen LogP contribution < -0.4 is 0 Å². The molecule has 3 rings (SSSR count). The molecule has 0 N–H and O–H groups in total. The summed E-state index contributed by atoms with van der Waals surface area (Å²) in [5, 5.41) is 11.1. The Hall–Kier alpha value is -2.03. The lowest BCUT2D eigenvalue weighted by Gasteiger charge is -2.25. The van der Waals surface area contributed by atoms with Crippen LogP contribution in [0.5, 0.6) is 0 Å². The first-order valence-corrected chi connectivity index (χ1v) is 8.64. The molecule has 7 nitrogen and oxygen atoms in total. The molecule has 0 aliphatic carbocycles. The lowest BCUT2D eigenvalue weighted by Crippen LogP contribution is -2.38. The fraction of sp³-hybridized carbons (Fsp3) is 0.333. The summed E-state index contributed by atoms with van der Waals surface area (Å²) in [6.07, 6.45) is 7.72. The van der Waals surface area contributed by atoms with Gasteiger partial charge in [0.2, 0.25) is 0 Å². The predicted octanol–water partition coefficient (Wildman–Crippen LogP) is 1.87. The van der Waals surface area contributed by atoms with Gasteiger partial charge in [0.15, 0.2) is 4.90 Å². The van der Waals surface area contributed by atoms with E-state index in [1.54, 1.807) is 6.08 Å². The number of nitro benzene ring substituents is 1. The molecule has 0 saturated heterocycles. The van der Waals surface area contributed by atoms with Gasteiger partial charge in [0.05, 0.1) is 17.6 Å². The molecule has 0 radical (unpaired) electrons. The Kier molecular flexibility index (Phi) is 4.29. The standard InChI is InChI=1S/C15H16N2O5S/c18-17(19)14-7-1-2-8-15(14)23(20,21)16-9-3-5-12(16)11-13-6-4-10-22-13/h1-8,12-13H,9-11H2/t12-,13-/m0/s1. The summed E-state index contributed by atoms with van der Waals surface area (Å²) in [5.74, 6) is 0. The van der Waals surface area contributed by atoms with Crippen molar-refractivity contribution in [1.82, 2.24) is 4.31 Å². The summed E-state index contributed by atoms with van der Waals surface area (Å²) in [6.45, 7) is 0.730. The molecule has 0 bridgehead atoms. The fourth-order valence-corrected chi connectivity index (χ4v) is 4.51. The van der Waals surface area contributed by atoms with Crippen molar-refractivity contribution in [3.05, 3.63) is 58.7 Å². The zero-order valence-electron chi connectivity index (χ0n) is 12.2. The first kappa shape index (κ1) is 15.9. The molecule has 1 aromatic carbocycles. The number of hydrogen-bond donors (Lipinski definition) is 0. The summed E-state index contributed by atoms with van der Waals surface area (Å²) < 4.78 is 32.5. The number of ether oxygens (including phenoxy) is 1. The van der Waals surface area contributed by atoms with E-state index in [2.05, 4.69) is 0 Å². The van der Waals surface area contributed by atoms with Gasteiger partial charge in [-0.05, 0) is 12.5 Å². The third kappa shape index (κ3) is 3.05. The van der Waals surface area contributed by atoms with E-state index < -0.39 is 20.6 Å². The van der Waals surface area contributed by atoms with Gasteiger partial charge in [0.25, 0.3) is 15.7 Å². The van der Waals surface area contributed by atoms with Gasteiger partial charge in [-0.15, -0.1) is 0 Å². The van der Waals surface area contributed by atoms with E-state index >= 15 is 0 Å². The summed E-state index contributed by atoms with van der Waals surface area (Å²) in [7, 11) is -3.96. The lowest BCUT2D eigenvalue weighted by atomic mass is 10.1. The van der Waals surface area contributed by atoms with Gasteiger partial charge in [-0.1, -0.05) is 36.4 Å². The van der Waals surface area contributed by atoms with E-state index in [9.17, 15) is 18.5 Å². The highest BCUT2D eigenvalue weighted by Gasteiger charge is 2.37. The highest BCUT2D eigenvalue weighted by molar-refractivity contribution is 7.89. The monoisotopic (exact) mass is 336 g/mol. The molecule has 0 saturated carbocycles. The number of nitro groups is 1. The van der Waals surface area contributed by atoms with Crippen molar-refractivity contribution in [2.75, 3.05) is 13.2 Å². The van der Waals surface area contributed by atoms with Crippen LogP contribution >= 0.6 is 0 Å². The van der Waals surface area contributed by atoms with E-state index in [0.29, 0.717) is 13.0 Å². The second-order valence-corrected chi connectivity index (χ2v) is 7.19. The predicted molar refractivity (Wildman–Crippen MR) is 83.4 cm³/mol. The average molecular weight is 336 g/mol. The topological polar surface area (TPSA) is 89.8 Å². The fourth-order valence-electron chi connectivity index (χ4n) is 2.80. The van der Waals surface area contributed by atoms with E-state index in [1.807, 2.05) is 18.2 Å². The van der Waals surface area contributed by atoms with E-state index in [0.717, 1.165) is 0 Å². The molecule has 0 aromatic heterocycles. The van der Waals surface area contributed by atoms with Gasteiger partial charge in [-0.2, -0.15) is 4.31 Å². The normalized spacial score (nSPS) is 24.3. The van der Waals surface area contributed by atoms with Crippen molar-refractivity contribution in [2.24, 2.45) is 0 Å². The van der Waals surface area contributed by atoms with Gasteiger partial charge < -0.3 is 4.74 Å². The van der Waals surface area contributed by atoms with Crippen LogP contribution in [0.2, 0.25) is 0 Å². The smallest absolute Gasteiger partial charge is 0.289 e. The largest absolute Gasteiger partial charge is 0.370 e. The van der Waals surface area contributed by atoms with Crippen LogP contribution in [0.1, 0.15) is 6.42 Å². The molecule has 1 aromatic rings. The van der Waals surface area contributed by atoms with Crippen molar-refractivity contribution >= 4 is 15.7 Å². The number of rotatable bonds is 5. The molecule has 0 spiro atoms. The van der Waals surface area contributed by atoms with Gasteiger partial charge in [-0.3, -0.25) is 10.1 Å². The van der Waals surface area contributed by atoms with Crippen LogP contribution in [0, 0.1) is 10.1 Å².